The van der Waals surface area contributed by atoms with Crippen molar-refractivity contribution in [2.45, 2.75) is 49.5 Å². The van der Waals surface area contributed by atoms with E-state index in [-0.39, 0.29) is 11.5 Å². The smallest absolute Gasteiger partial charge is 0.433 e. The Hall–Kier alpha value is -5.11. The fourth-order valence-corrected chi connectivity index (χ4v) is 6.12. The summed E-state index contributed by atoms with van der Waals surface area (Å²) in [6.07, 6.45) is -7.07. The molecule has 0 bridgehead atoms. The van der Waals surface area contributed by atoms with Crippen molar-refractivity contribution in [2.24, 2.45) is 0 Å². The highest BCUT2D eigenvalue weighted by molar-refractivity contribution is 9.10. The summed E-state index contributed by atoms with van der Waals surface area (Å²) < 4.78 is 102. The molecule has 54 heavy (non-hydrogen) atoms. The van der Waals surface area contributed by atoms with E-state index < -0.39 is 76.8 Å². The molecule has 0 aliphatic heterocycles. The van der Waals surface area contributed by atoms with Crippen LogP contribution in [0.2, 0.25) is 5.02 Å². The van der Waals surface area contributed by atoms with Crippen LogP contribution in [0.4, 0.5) is 26.3 Å². The Labute approximate surface area is 315 Å². The first-order valence-corrected chi connectivity index (χ1v) is 16.7. The van der Waals surface area contributed by atoms with E-state index in [2.05, 4.69) is 46.1 Å². The Bertz CT molecular complexity index is 2190. The minimum absolute atomic E-state index is 0.112. The number of benzene rings is 2. The number of nitrogens with zero attached hydrogens (tertiary/aromatic N) is 8. The molecule has 2 aromatic carbocycles. The van der Waals surface area contributed by atoms with Crippen molar-refractivity contribution >= 4 is 27.5 Å². The van der Waals surface area contributed by atoms with Crippen LogP contribution in [0.15, 0.2) is 103 Å². The van der Waals surface area contributed by atoms with Gasteiger partial charge in [0, 0.05) is 39.2 Å². The molecule has 0 saturated carbocycles. The van der Waals surface area contributed by atoms with E-state index in [1.165, 1.54) is 36.4 Å². The molecule has 282 valence electrons. The highest BCUT2D eigenvalue weighted by Gasteiger charge is 2.50. The highest BCUT2D eigenvalue weighted by Crippen LogP contribution is 2.48. The monoisotopic (exact) mass is 838 g/mol. The van der Waals surface area contributed by atoms with E-state index in [0.717, 1.165) is 65.9 Å². The summed E-state index contributed by atoms with van der Waals surface area (Å²) >= 11 is 9.15. The average Bonchev–Trinajstić information content (AvgIpc) is 3.84. The van der Waals surface area contributed by atoms with Crippen molar-refractivity contribution in [1.82, 2.24) is 39.5 Å². The Morgan fingerprint density at radius 1 is 0.722 bits per heavy atom. The van der Waals surface area contributed by atoms with Crippen molar-refractivity contribution in [2.75, 3.05) is 0 Å². The van der Waals surface area contributed by atoms with Gasteiger partial charge in [0.2, 0.25) is 11.8 Å². The fourth-order valence-electron chi connectivity index (χ4n) is 5.73. The van der Waals surface area contributed by atoms with Crippen LogP contribution in [0.1, 0.15) is 41.9 Å². The van der Waals surface area contributed by atoms with E-state index in [4.69, 9.17) is 21.1 Å². The molecule has 0 aliphatic rings. The Morgan fingerprint density at radius 3 is 1.76 bits per heavy atom. The number of hydrogen-bond acceptors (Lipinski definition) is 10. The van der Waals surface area contributed by atoms with Gasteiger partial charge in [0.1, 0.15) is 48.0 Å². The standard InChI is InChI=1S/C34H26BrClF6N8O4/c1-31(51,24-10-12-27(47-29(24)33(37,38)39)54-23-8-4-21(36)5-9-23)26(50-19-44-17-46-50)14-32(52,15-49-18-43-16-45-49)25-11-13-28(48-30(25)34(40,41)42)53-22-6-2-20(35)3-7-22/h2-13,16-19,26,51-52H,14-15H2,1H3. The van der Waals surface area contributed by atoms with Gasteiger partial charge in [-0.2, -0.15) is 36.5 Å². The fraction of sp³-hybridized carbons (Fsp3) is 0.235. The van der Waals surface area contributed by atoms with Gasteiger partial charge < -0.3 is 19.7 Å². The Morgan fingerprint density at radius 2 is 1.24 bits per heavy atom. The summed E-state index contributed by atoms with van der Waals surface area (Å²) in [4.78, 5) is 15.0. The van der Waals surface area contributed by atoms with Gasteiger partial charge in [0.25, 0.3) is 0 Å². The molecule has 2 N–H and O–H groups in total. The third kappa shape index (κ3) is 8.64. The lowest BCUT2D eigenvalue weighted by Gasteiger charge is -2.40. The molecule has 0 spiro atoms. The number of halogens is 8. The van der Waals surface area contributed by atoms with Crippen LogP contribution in [0, 0.1) is 0 Å². The molecular formula is C34H26BrClF6N8O4. The van der Waals surface area contributed by atoms with Crippen LogP contribution in [0.3, 0.4) is 0 Å². The first kappa shape index (κ1) is 38.6. The molecular weight excluding hydrogens is 814 g/mol. The van der Waals surface area contributed by atoms with Gasteiger partial charge in [-0.05, 0) is 67.6 Å². The molecule has 0 amide bonds. The van der Waals surface area contributed by atoms with E-state index in [1.54, 1.807) is 12.1 Å². The molecule has 3 atom stereocenters. The zero-order valence-electron chi connectivity index (χ0n) is 27.5. The minimum atomic E-state index is -5.19. The topological polar surface area (TPSA) is 146 Å². The van der Waals surface area contributed by atoms with Crippen molar-refractivity contribution in [3.05, 3.63) is 130 Å². The molecule has 0 aliphatic carbocycles. The zero-order chi connectivity index (χ0) is 38.9. The number of rotatable bonds is 12. The van der Waals surface area contributed by atoms with E-state index >= 15 is 0 Å². The normalized spacial score (nSPS) is 14.9. The maximum absolute atomic E-state index is 14.8. The molecule has 3 unspecified atom stereocenters. The molecule has 6 rings (SSSR count). The van der Waals surface area contributed by atoms with Crippen molar-refractivity contribution < 1.29 is 46.0 Å². The van der Waals surface area contributed by atoms with Gasteiger partial charge in [-0.15, -0.1) is 0 Å². The third-order valence-electron chi connectivity index (χ3n) is 8.22. The predicted octanol–water partition coefficient (Wildman–Crippen LogP) is 8.12. The maximum atomic E-state index is 14.8. The van der Waals surface area contributed by atoms with Gasteiger partial charge in [0.15, 0.2) is 11.4 Å². The van der Waals surface area contributed by atoms with Gasteiger partial charge >= 0.3 is 12.4 Å². The molecule has 12 nitrogen and oxygen atoms in total. The third-order valence-corrected chi connectivity index (χ3v) is 9.00. The van der Waals surface area contributed by atoms with Crippen molar-refractivity contribution in [3.8, 4) is 23.3 Å². The summed E-state index contributed by atoms with van der Waals surface area (Å²) in [6, 6.07) is 14.1. The summed E-state index contributed by atoms with van der Waals surface area (Å²) in [5, 5.41) is 32.9. The van der Waals surface area contributed by atoms with Crippen LogP contribution < -0.4 is 9.47 Å². The van der Waals surface area contributed by atoms with Gasteiger partial charge in [0.05, 0.1) is 12.6 Å². The summed E-state index contributed by atoms with van der Waals surface area (Å²) in [5.41, 5.74) is -10.1. The molecule has 4 heterocycles. The largest absolute Gasteiger partial charge is 0.439 e. The number of aliphatic hydroxyl groups is 2. The maximum Gasteiger partial charge on any atom is 0.433 e. The second-order valence-corrected chi connectivity index (χ2v) is 13.4. The number of aromatic nitrogens is 8. The molecule has 0 saturated heterocycles. The van der Waals surface area contributed by atoms with Crippen LogP contribution in [-0.2, 0) is 30.1 Å². The van der Waals surface area contributed by atoms with Crippen LogP contribution in [0.5, 0.6) is 23.3 Å². The number of pyridine rings is 2. The van der Waals surface area contributed by atoms with Crippen molar-refractivity contribution in [1.29, 1.82) is 0 Å². The van der Waals surface area contributed by atoms with Crippen LogP contribution >= 0.6 is 27.5 Å². The van der Waals surface area contributed by atoms with E-state index in [1.807, 2.05) is 0 Å². The SMILES string of the molecule is CC(O)(c1ccc(Oc2ccc(Cl)cc2)nc1C(F)(F)F)C(CC(O)(Cn1cncn1)c1ccc(Oc2ccc(Br)cc2)nc1C(F)(F)F)n1cncn1. The molecule has 0 fully saturated rings. The molecule has 0 radical (unpaired) electrons. The molecule has 20 heteroatoms. The molecule has 6 aromatic rings. The lowest BCUT2D eigenvalue weighted by molar-refractivity contribution is -0.149. The summed E-state index contributed by atoms with van der Waals surface area (Å²) in [7, 11) is 0. The van der Waals surface area contributed by atoms with Gasteiger partial charge in [-0.25, -0.2) is 29.3 Å². The number of hydrogen-bond donors (Lipinski definition) is 2. The Kier molecular flexibility index (Phi) is 10.7. The van der Waals surface area contributed by atoms with Crippen LogP contribution in [0.25, 0.3) is 0 Å². The van der Waals surface area contributed by atoms with E-state index in [0.29, 0.717) is 9.50 Å². The van der Waals surface area contributed by atoms with Gasteiger partial charge in [-0.1, -0.05) is 27.5 Å². The summed E-state index contributed by atoms with van der Waals surface area (Å²) in [5.74, 6) is -0.695. The predicted molar refractivity (Wildman–Crippen MR) is 181 cm³/mol. The second-order valence-electron chi connectivity index (χ2n) is 12.1. The quantitative estimate of drug-likeness (QED) is 0.116. The van der Waals surface area contributed by atoms with E-state index in [9.17, 15) is 36.6 Å². The number of ether oxygens (including phenoxy) is 2. The lowest BCUT2D eigenvalue weighted by Crippen LogP contribution is -2.44. The first-order chi connectivity index (χ1) is 25.4. The summed E-state index contributed by atoms with van der Waals surface area (Å²) in [6.45, 7) is 0.253. The van der Waals surface area contributed by atoms with Crippen molar-refractivity contribution in [3.63, 3.8) is 0 Å². The lowest BCUT2D eigenvalue weighted by atomic mass is 9.77. The van der Waals surface area contributed by atoms with Crippen LogP contribution in [-0.4, -0.2) is 49.7 Å². The minimum Gasteiger partial charge on any atom is -0.439 e. The zero-order valence-corrected chi connectivity index (χ0v) is 29.9. The number of alkyl halides is 6. The second kappa shape index (κ2) is 15.0. The van der Waals surface area contributed by atoms with Gasteiger partial charge in [-0.3, -0.25) is 0 Å². The molecule has 4 aromatic heterocycles. The average molecular weight is 840 g/mol. The highest BCUT2D eigenvalue weighted by atomic mass is 79.9. The Balaban J connectivity index is 1.46. The first-order valence-electron chi connectivity index (χ1n) is 15.6.